The molecule has 0 fully saturated rings. The molecule has 6 heteroatoms. The van der Waals surface area contributed by atoms with E-state index in [-0.39, 0.29) is 19.4 Å². The number of aliphatic hydroxyl groups is 1. The van der Waals surface area contributed by atoms with E-state index in [1.54, 1.807) is 24.1 Å². The smallest absolute Gasteiger partial charge is 0.305 e. The second-order valence-electron chi connectivity index (χ2n) is 5.15. The van der Waals surface area contributed by atoms with Gasteiger partial charge in [-0.3, -0.25) is 14.5 Å². The molecule has 0 aliphatic carbocycles. The van der Waals surface area contributed by atoms with Crippen LogP contribution < -0.4 is 0 Å². The van der Waals surface area contributed by atoms with E-state index in [2.05, 4.69) is 0 Å². The Morgan fingerprint density at radius 3 is 2.19 bits per heavy atom. The first kappa shape index (κ1) is 17.1. The molecule has 0 radical (unpaired) electrons. The average molecular weight is 295 g/mol. The second kappa shape index (κ2) is 7.75. The number of aryl methyl sites for hydroxylation is 1. The van der Waals surface area contributed by atoms with Gasteiger partial charge in [-0.2, -0.15) is 0 Å². The molecule has 0 saturated carbocycles. The van der Waals surface area contributed by atoms with Crippen LogP contribution >= 0.6 is 0 Å². The van der Waals surface area contributed by atoms with Gasteiger partial charge < -0.3 is 15.3 Å². The van der Waals surface area contributed by atoms with Crippen molar-refractivity contribution < 1.29 is 24.9 Å². The minimum atomic E-state index is -1.03. The highest BCUT2D eigenvalue weighted by atomic mass is 16.4. The van der Waals surface area contributed by atoms with Crippen molar-refractivity contribution in [1.29, 1.82) is 0 Å². The number of aliphatic hydroxyl groups excluding tert-OH is 1. The maximum atomic E-state index is 11.0. The Morgan fingerprint density at radius 1 is 1.14 bits per heavy atom. The van der Waals surface area contributed by atoms with Crippen molar-refractivity contribution in [3.05, 3.63) is 35.4 Å². The van der Waals surface area contributed by atoms with E-state index < -0.39 is 24.1 Å². The lowest BCUT2D eigenvalue weighted by molar-refractivity contribution is -0.139. The lowest BCUT2D eigenvalue weighted by Crippen LogP contribution is -2.39. The topological polar surface area (TPSA) is 98.1 Å². The second-order valence-corrected chi connectivity index (χ2v) is 5.15. The Hall–Kier alpha value is -1.92. The van der Waals surface area contributed by atoms with Crippen LogP contribution in [0.3, 0.4) is 0 Å². The molecular formula is C15H21NO5. The average Bonchev–Trinajstić information content (AvgIpc) is 2.42. The van der Waals surface area contributed by atoms with Crippen molar-refractivity contribution in [2.75, 3.05) is 13.6 Å². The third-order valence-electron chi connectivity index (χ3n) is 3.41. The van der Waals surface area contributed by atoms with Gasteiger partial charge in [0.15, 0.2) is 0 Å². The molecule has 0 aromatic heterocycles. The van der Waals surface area contributed by atoms with Gasteiger partial charge in [0.05, 0.1) is 18.9 Å². The van der Waals surface area contributed by atoms with E-state index in [1.165, 1.54) is 0 Å². The summed E-state index contributed by atoms with van der Waals surface area (Å²) >= 11 is 0. The summed E-state index contributed by atoms with van der Waals surface area (Å²) in [4.78, 5) is 23.2. The van der Waals surface area contributed by atoms with Crippen molar-refractivity contribution >= 4 is 11.9 Å². The molecule has 1 aromatic carbocycles. The molecule has 0 saturated heterocycles. The predicted octanol–water partition coefficient (Wildman–Crippen LogP) is 1.28. The van der Waals surface area contributed by atoms with Gasteiger partial charge in [-0.1, -0.05) is 29.8 Å². The zero-order valence-electron chi connectivity index (χ0n) is 12.2. The van der Waals surface area contributed by atoms with Crippen LogP contribution in [0.5, 0.6) is 0 Å². The van der Waals surface area contributed by atoms with Crippen LogP contribution in [-0.4, -0.2) is 51.8 Å². The van der Waals surface area contributed by atoms with Crippen LogP contribution in [-0.2, 0) is 9.59 Å². The van der Waals surface area contributed by atoms with E-state index in [1.807, 2.05) is 19.1 Å². The van der Waals surface area contributed by atoms with Crippen molar-refractivity contribution in [2.24, 2.45) is 0 Å². The van der Waals surface area contributed by atoms with Gasteiger partial charge in [-0.05, 0) is 19.5 Å². The van der Waals surface area contributed by atoms with Crippen LogP contribution in [0, 0.1) is 6.92 Å². The van der Waals surface area contributed by atoms with E-state index in [4.69, 9.17) is 10.2 Å². The Kier molecular flexibility index (Phi) is 6.33. The molecule has 6 nitrogen and oxygen atoms in total. The lowest BCUT2D eigenvalue weighted by Gasteiger charge is -2.30. The van der Waals surface area contributed by atoms with Gasteiger partial charge >= 0.3 is 11.9 Å². The highest BCUT2D eigenvalue weighted by Crippen LogP contribution is 2.23. The molecule has 1 rings (SSSR count). The number of rotatable bonds is 8. The lowest BCUT2D eigenvalue weighted by atomic mass is 9.97. The van der Waals surface area contributed by atoms with Crippen molar-refractivity contribution in [2.45, 2.75) is 31.9 Å². The van der Waals surface area contributed by atoms with E-state index in [0.29, 0.717) is 5.56 Å². The molecule has 1 aromatic rings. The third-order valence-corrected chi connectivity index (χ3v) is 3.41. The van der Waals surface area contributed by atoms with Crippen LogP contribution in [0.1, 0.15) is 30.1 Å². The Morgan fingerprint density at radius 2 is 1.71 bits per heavy atom. The maximum absolute atomic E-state index is 11.0. The molecule has 2 atom stereocenters. The fourth-order valence-electron chi connectivity index (χ4n) is 2.11. The Labute approximate surface area is 123 Å². The number of hydrogen-bond acceptors (Lipinski definition) is 4. The molecule has 21 heavy (non-hydrogen) atoms. The number of carbonyl (C=O) groups is 2. The van der Waals surface area contributed by atoms with E-state index in [0.717, 1.165) is 5.56 Å². The zero-order chi connectivity index (χ0) is 16.0. The minimum absolute atomic E-state index is 0.104. The van der Waals surface area contributed by atoms with Crippen LogP contribution in [0.2, 0.25) is 0 Å². The Bertz CT molecular complexity index is 485. The summed E-state index contributed by atoms with van der Waals surface area (Å²) < 4.78 is 0. The predicted molar refractivity (Wildman–Crippen MR) is 77.1 cm³/mol. The Balaban J connectivity index is 2.86. The monoisotopic (exact) mass is 295 g/mol. The molecule has 2 unspecified atom stereocenters. The highest BCUT2D eigenvalue weighted by molar-refractivity contribution is 5.68. The molecule has 116 valence electrons. The summed E-state index contributed by atoms with van der Waals surface area (Å²) in [5.41, 5.74) is 1.66. The molecule has 0 spiro atoms. The van der Waals surface area contributed by atoms with Crippen LogP contribution in [0.25, 0.3) is 0 Å². The van der Waals surface area contributed by atoms with Gasteiger partial charge in [0.2, 0.25) is 0 Å². The van der Waals surface area contributed by atoms with Crippen molar-refractivity contribution in [3.8, 4) is 0 Å². The largest absolute Gasteiger partial charge is 0.481 e. The molecule has 0 bridgehead atoms. The first-order valence-electron chi connectivity index (χ1n) is 6.69. The molecule has 0 amide bonds. The summed E-state index contributed by atoms with van der Waals surface area (Å²) in [7, 11) is 1.62. The van der Waals surface area contributed by atoms with Crippen LogP contribution in [0.4, 0.5) is 0 Å². The zero-order valence-corrected chi connectivity index (χ0v) is 12.2. The highest BCUT2D eigenvalue weighted by Gasteiger charge is 2.27. The molecular weight excluding hydrogens is 274 g/mol. The minimum Gasteiger partial charge on any atom is -0.481 e. The third kappa shape index (κ3) is 5.53. The first-order valence-corrected chi connectivity index (χ1v) is 6.69. The van der Waals surface area contributed by atoms with E-state index >= 15 is 0 Å². The summed E-state index contributed by atoms with van der Waals surface area (Å²) in [6.07, 6.45) is -1.35. The van der Waals surface area contributed by atoms with Gasteiger partial charge in [0.1, 0.15) is 0 Å². The molecule has 0 aliphatic heterocycles. The fourth-order valence-corrected chi connectivity index (χ4v) is 2.11. The van der Waals surface area contributed by atoms with Gasteiger partial charge in [-0.25, -0.2) is 0 Å². The number of carboxylic acids is 2. The maximum Gasteiger partial charge on any atom is 0.305 e. The number of hydrogen-bond donors (Lipinski definition) is 3. The number of aliphatic carboxylic acids is 2. The normalized spacial score (nSPS) is 13.9. The molecule has 0 heterocycles. The summed E-state index contributed by atoms with van der Waals surface area (Å²) in [5, 5.41) is 28.1. The molecule has 0 aliphatic rings. The summed E-state index contributed by atoms with van der Waals surface area (Å²) in [5.74, 6) is -1.99. The van der Waals surface area contributed by atoms with Gasteiger partial charge in [0.25, 0.3) is 0 Å². The number of likely N-dealkylation sites (N-methyl/N-ethyl adjacent to an activating group) is 1. The number of benzene rings is 1. The van der Waals surface area contributed by atoms with Crippen LogP contribution in [0.15, 0.2) is 24.3 Å². The van der Waals surface area contributed by atoms with Gasteiger partial charge in [-0.15, -0.1) is 0 Å². The number of nitrogens with zero attached hydrogens (tertiary/aromatic N) is 1. The standard InChI is InChI=1S/C15H21NO5/c1-10-3-5-11(6-4-10)15(21)12(9-14(19)20)16(2)8-7-13(17)18/h3-6,12,15,21H,7-9H2,1-2H3,(H,17,18)(H,19,20). The summed E-state index contributed by atoms with van der Waals surface area (Å²) in [6, 6.07) is 6.51. The first-order chi connectivity index (χ1) is 9.81. The van der Waals surface area contributed by atoms with E-state index in [9.17, 15) is 14.7 Å². The number of carboxylic acid groups (broad SMARTS) is 2. The molecule has 3 N–H and O–H groups in total. The fraction of sp³-hybridized carbons (Fsp3) is 0.467. The van der Waals surface area contributed by atoms with Gasteiger partial charge in [0, 0.05) is 12.6 Å². The van der Waals surface area contributed by atoms with Crippen molar-refractivity contribution in [3.63, 3.8) is 0 Å². The SMILES string of the molecule is Cc1ccc(C(O)C(CC(=O)O)N(C)CCC(=O)O)cc1. The summed E-state index contributed by atoms with van der Waals surface area (Å²) in [6.45, 7) is 2.10. The quantitative estimate of drug-likeness (QED) is 0.668. The van der Waals surface area contributed by atoms with Crippen molar-refractivity contribution in [1.82, 2.24) is 4.90 Å².